The number of nitrogens with zero attached hydrogens (tertiary/aromatic N) is 1. The van der Waals surface area contributed by atoms with Crippen LogP contribution in [-0.2, 0) is 6.42 Å². The number of hydrogen-bond donors (Lipinski definition) is 2. The molecule has 2 rings (SSSR count). The lowest BCUT2D eigenvalue weighted by atomic mass is 10.0. The predicted octanol–water partition coefficient (Wildman–Crippen LogP) is 1.61. The van der Waals surface area contributed by atoms with Crippen LogP contribution in [0.1, 0.15) is 5.56 Å². The molecule has 0 aliphatic carbocycles. The molecule has 1 aromatic heterocycles. The van der Waals surface area contributed by atoms with Crippen molar-refractivity contribution in [2.45, 2.75) is 12.5 Å². The summed E-state index contributed by atoms with van der Waals surface area (Å²) in [5.74, 6) is 0. The molecular weight excluding hydrogens is 212 g/mol. The van der Waals surface area contributed by atoms with Gasteiger partial charge in [-0.05, 0) is 24.1 Å². The second kappa shape index (κ2) is 5.57. The molecule has 3 heteroatoms. The van der Waals surface area contributed by atoms with E-state index in [1.165, 1.54) is 0 Å². The highest BCUT2D eigenvalue weighted by atomic mass is 16.3. The number of benzene rings is 1. The third-order valence-electron chi connectivity index (χ3n) is 2.65. The van der Waals surface area contributed by atoms with Gasteiger partial charge in [0.2, 0.25) is 0 Å². The lowest BCUT2D eigenvalue weighted by molar-refractivity contribution is 0.265. The van der Waals surface area contributed by atoms with E-state index in [-0.39, 0.29) is 12.6 Å². The topological polar surface area (TPSA) is 59.1 Å². The molecule has 17 heavy (non-hydrogen) atoms. The highest BCUT2D eigenvalue weighted by molar-refractivity contribution is 5.58. The van der Waals surface area contributed by atoms with Crippen molar-refractivity contribution in [2.24, 2.45) is 5.73 Å². The van der Waals surface area contributed by atoms with Gasteiger partial charge in [-0.3, -0.25) is 4.98 Å². The summed E-state index contributed by atoms with van der Waals surface area (Å²) in [6, 6.07) is 13.8. The van der Waals surface area contributed by atoms with Gasteiger partial charge in [-0.25, -0.2) is 0 Å². The van der Waals surface area contributed by atoms with Crippen molar-refractivity contribution in [3.63, 3.8) is 0 Å². The van der Waals surface area contributed by atoms with Crippen molar-refractivity contribution in [3.05, 3.63) is 54.2 Å². The fourth-order valence-corrected chi connectivity index (χ4v) is 1.71. The molecule has 0 saturated carbocycles. The average Bonchev–Trinajstić information content (AvgIpc) is 2.40. The third kappa shape index (κ3) is 3.12. The normalized spacial score (nSPS) is 12.4. The Balaban J connectivity index is 2.13. The Hall–Kier alpha value is -1.71. The Morgan fingerprint density at radius 2 is 1.88 bits per heavy atom. The summed E-state index contributed by atoms with van der Waals surface area (Å²) in [5.41, 5.74) is 8.88. The summed E-state index contributed by atoms with van der Waals surface area (Å²) in [7, 11) is 0. The SMILES string of the molecule is NC(CO)Cc1ccc(-c2ccccn2)cc1. The summed E-state index contributed by atoms with van der Waals surface area (Å²) in [6.07, 6.45) is 2.48. The van der Waals surface area contributed by atoms with Crippen LogP contribution < -0.4 is 5.73 Å². The lowest BCUT2D eigenvalue weighted by Gasteiger charge is -2.08. The Kier molecular flexibility index (Phi) is 3.85. The zero-order valence-electron chi connectivity index (χ0n) is 9.58. The van der Waals surface area contributed by atoms with E-state index in [9.17, 15) is 0 Å². The van der Waals surface area contributed by atoms with Gasteiger partial charge in [-0.1, -0.05) is 30.3 Å². The first kappa shape index (κ1) is 11.8. The fourth-order valence-electron chi connectivity index (χ4n) is 1.71. The highest BCUT2D eigenvalue weighted by Gasteiger charge is 2.03. The zero-order chi connectivity index (χ0) is 12.1. The number of aliphatic hydroxyl groups excluding tert-OH is 1. The number of hydrogen-bond acceptors (Lipinski definition) is 3. The molecule has 88 valence electrons. The second-order valence-electron chi connectivity index (χ2n) is 4.06. The molecule has 0 fully saturated rings. The van der Waals surface area contributed by atoms with Crippen LogP contribution in [0.4, 0.5) is 0 Å². The molecular formula is C14H16N2O. The van der Waals surface area contributed by atoms with Gasteiger partial charge in [0.25, 0.3) is 0 Å². The zero-order valence-corrected chi connectivity index (χ0v) is 9.58. The minimum atomic E-state index is -0.185. The Morgan fingerprint density at radius 1 is 1.12 bits per heavy atom. The average molecular weight is 228 g/mol. The van der Waals surface area contributed by atoms with E-state index in [0.29, 0.717) is 6.42 Å². The first-order valence-electron chi connectivity index (χ1n) is 5.66. The summed E-state index contributed by atoms with van der Waals surface area (Å²) in [6.45, 7) is 0.0159. The molecule has 1 heterocycles. The standard InChI is InChI=1S/C14H16N2O/c15-13(10-17)9-11-4-6-12(7-5-11)14-3-1-2-8-16-14/h1-8,13,17H,9-10,15H2. The summed E-state index contributed by atoms with van der Waals surface area (Å²) in [4.78, 5) is 4.29. The van der Waals surface area contributed by atoms with Crippen LogP contribution in [0.2, 0.25) is 0 Å². The van der Waals surface area contributed by atoms with Gasteiger partial charge in [0.05, 0.1) is 12.3 Å². The van der Waals surface area contributed by atoms with Gasteiger partial charge in [0.15, 0.2) is 0 Å². The molecule has 0 aliphatic heterocycles. The van der Waals surface area contributed by atoms with Gasteiger partial charge in [0.1, 0.15) is 0 Å². The van der Waals surface area contributed by atoms with Crippen molar-refractivity contribution in [3.8, 4) is 11.3 Å². The molecule has 3 N–H and O–H groups in total. The summed E-state index contributed by atoms with van der Waals surface area (Å²) < 4.78 is 0. The smallest absolute Gasteiger partial charge is 0.0701 e. The first-order chi connectivity index (χ1) is 8.29. The molecule has 1 atom stereocenters. The van der Waals surface area contributed by atoms with Crippen LogP contribution in [0.25, 0.3) is 11.3 Å². The Bertz CT molecular complexity index is 453. The number of rotatable bonds is 4. The van der Waals surface area contributed by atoms with Gasteiger partial charge in [-0.2, -0.15) is 0 Å². The summed E-state index contributed by atoms with van der Waals surface area (Å²) in [5, 5.41) is 8.89. The minimum Gasteiger partial charge on any atom is -0.395 e. The maximum atomic E-state index is 8.89. The van der Waals surface area contributed by atoms with Crippen LogP contribution in [0, 0.1) is 0 Å². The summed E-state index contributed by atoms with van der Waals surface area (Å²) >= 11 is 0. The van der Waals surface area contributed by atoms with E-state index in [4.69, 9.17) is 10.8 Å². The van der Waals surface area contributed by atoms with Gasteiger partial charge >= 0.3 is 0 Å². The quantitative estimate of drug-likeness (QED) is 0.835. The minimum absolute atomic E-state index is 0.0159. The van der Waals surface area contributed by atoms with E-state index < -0.39 is 0 Å². The van der Waals surface area contributed by atoms with E-state index in [1.807, 2.05) is 42.5 Å². The predicted molar refractivity (Wildman–Crippen MR) is 68.4 cm³/mol. The maximum absolute atomic E-state index is 8.89. The number of aromatic nitrogens is 1. The molecule has 0 saturated heterocycles. The van der Waals surface area contributed by atoms with Gasteiger partial charge < -0.3 is 10.8 Å². The third-order valence-corrected chi connectivity index (χ3v) is 2.65. The second-order valence-corrected chi connectivity index (χ2v) is 4.06. The van der Waals surface area contributed by atoms with Gasteiger partial charge in [0, 0.05) is 17.8 Å². The van der Waals surface area contributed by atoms with Crippen molar-refractivity contribution >= 4 is 0 Å². The van der Waals surface area contributed by atoms with Crippen LogP contribution in [0.5, 0.6) is 0 Å². The monoisotopic (exact) mass is 228 g/mol. The molecule has 0 aliphatic rings. The van der Waals surface area contributed by atoms with E-state index in [1.54, 1.807) is 6.20 Å². The van der Waals surface area contributed by atoms with Crippen molar-refractivity contribution in [2.75, 3.05) is 6.61 Å². The molecule has 1 aromatic carbocycles. The molecule has 2 aromatic rings. The maximum Gasteiger partial charge on any atom is 0.0701 e. The molecule has 0 spiro atoms. The van der Waals surface area contributed by atoms with Crippen molar-refractivity contribution in [1.29, 1.82) is 0 Å². The van der Waals surface area contributed by atoms with E-state index >= 15 is 0 Å². The van der Waals surface area contributed by atoms with Gasteiger partial charge in [-0.15, -0.1) is 0 Å². The van der Waals surface area contributed by atoms with Crippen LogP contribution in [0.15, 0.2) is 48.7 Å². The Morgan fingerprint density at radius 3 is 2.47 bits per heavy atom. The molecule has 0 radical (unpaired) electrons. The molecule has 1 unspecified atom stereocenters. The number of nitrogens with two attached hydrogens (primary N) is 1. The van der Waals surface area contributed by atoms with Crippen molar-refractivity contribution < 1.29 is 5.11 Å². The van der Waals surface area contributed by atoms with Crippen LogP contribution >= 0.6 is 0 Å². The lowest BCUT2D eigenvalue weighted by Crippen LogP contribution is -2.26. The van der Waals surface area contributed by atoms with E-state index in [2.05, 4.69) is 4.98 Å². The molecule has 0 bridgehead atoms. The van der Waals surface area contributed by atoms with Crippen LogP contribution in [0.3, 0.4) is 0 Å². The highest BCUT2D eigenvalue weighted by Crippen LogP contribution is 2.17. The molecule has 3 nitrogen and oxygen atoms in total. The van der Waals surface area contributed by atoms with E-state index in [0.717, 1.165) is 16.8 Å². The largest absolute Gasteiger partial charge is 0.395 e. The fraction of sp³-hybridized carbons (Fsp3) is 0.214. The number of pyridine rings is 1. The Labute approximate surface area is 101 Å². The number of aliphatic hydroxyl groups is 1. The van der Waals surface area contributed by atoms with Crippen molar-refractivity contribution in [1.82, 2.24) is 4.98 Å². The molecule has 0 amide bonds. The first-order valence-corrected chi connectivity index (χ1v) is 5.66. The van der Waals surface area contributed by atoms with Crippen LogP contribution in [-0.4, -0.2) is 22.7 Å².